The molecule has 1 aromatic heterocycles. The highest BCUT2D eigenvalue weighted by Crippen LogP contribution is 2.39. The molecule has 1 aliphatic rings. The van der Waals surface area contributed by atoms with E-state index in [1.54, 1.807) is 0 Å². The van der Waals surface area contributed by atoms with Gasteiger partial charge in [-0.05, 0) is 67.5 Å². The van der Waals surface area contributed by atoms with E-state index in [1.807, 2.05) is 42.8 Å². The predicted octanol–water partition coefficient (Wildman–Crippen LogP) is 2.53. The molecular weight excluding hydrogens is 330 g/mol. The van der Waals surface area contributed by atoms with Crippen molar-refractivity contribution < 1.29 is 9.53 Å². The number of ether oxygens (including phenoxy) is 1. The summed E-state index contributed by atoms with van der Waals surface area (Å²) in [5, 5.41) is 16.0. The van der Waals surface area contributed by atoms with Crippen LogP contribution >= 0.6 is 0 Å². The quantitative estimate of drug-likeness (QED) is 0.800. The van der Waals surface area contributed by atoms with Gasteiger partial charge in [0.1, 0.15) is 0 Å². The van der Waals surface area contributed by atoms with Gasteiger partial charge in [0.25, 0.3) is 0 Å². The van der Waals surface area contributed by atoms with Crippen molar-refractivity contribution in [2.45, 2.75) is 52.0 Å². The van der Waals surface area contributed by atoms with Crippen molar-refractivity contribution in [2.75, 3.05) is 13.2 Å². The fourth-order valence-corrected chi connectivity index (χ4v) is 3.64. The molecule has 1 heterocycles. The molecule has 1 aromatic carbocycles. The standard InChI is InChI=1S/C19H27N5O2/c1-4-26-17(25)13-20-19(11-9-14(2)10-12-19)18-21-22-23-24(18)16-8-6-5-7-15(16)3/h5-8,14,20H,4,9-13H2,1-3H3. The number of benzene rings is 1. The Bertz CT molecular complexity index is 750. The predicted molar refractivity (Wildman–Crippen MR) is 97.8 cm³/mol. The van der Waals surface area contributed by atoms with E-state index in [0.29, 0.717) is 12.5 Å². The van der Waals surface area contributed by atoms with Gasteiger partial charge in [-0.25, -0.2) is 0 Å². The Hall–Kier alpha value is -2.28. The Kier molecular flexibility index (Phi) is 5.66. The summed E-state index contributed by atoms with van der Waals surface area (Å²) in [6.45, 7) is 6.66. The molecule has 1 fully saturated rings. The summed E-state index contributed by atoms with van der Waals surface area (Å²) in [7, 11) is 0. The van der Waals surface area contributed by atoms with Crippen molar-refractivity contribution in [3.63, 3.8) is 0 Å². The first-order valence-corrected chi connectivity index (χ1v) is 9.31. The number of hydrogen-bond acceptors (Lipinski definition) is 6. The van der Waals surface area contributed by atoms with Crippen LogP contribution in [0.15, 0.2) is 24.3 Å². The molecular formula is C19H27N5O2. The normalized spacial score (nSPS) is 23.0. The topological polar surface area (TPSA) is 81.9 Å². The van der Waals surface area contributed by atoms with Gasteiger partial charge >= 0.3 is 5.97 Å². The lowest BCUT2D eigenvalue weighted by molar-refractivity contribution is -0.142. The highest BCUT2D eigenvalue weighted by Gasteiger charge is 2.41. The Labute approximate surface area is 154 Å². The lowest BCUT2D eigenvalue weighted by atomic mass is 9.76. The number of aryl methyl sites for hydroxylation is 1. The second-order valence-corrected chi connectivity index (χ2v) is 7.12. The third kappa shape index (κ3) is 3.77. The number of hydrogen-bond donors (Lipinski definition) is 1. The molecule has 140 valence electrons. The molecule has 1 aliphatic carbocycles. The second kappa shape index (κ2) is 7.95. The van der Waals surface area contributed by atoms with Crippen molar-refractivity contribution in [3.8, 4) is 5.69 Å². The summed E-state index contributed by atoms with van der Waals surface area (Å²) in [5.41, 5.74) is 1.64. The van der Waals surface area contributed by atoms with Crippen LogP contribution < -0.4 is 5.32 Å². The second-order valence-electron chi connectivity index (χ2n) is 7.12. The number of rotatable bonds is 6. The smallest absolute Gasteiger partial charge is 0.319 e. The SMILES string of the molecule is CCOC(=O)CNC1(c2nnnn2-c2ccccc2C)CCC(C)CC1. The fraction of sp³-hybridized carbons (Fsp3) is 0.579. The minimum absolute atomic E-state index is 0.156. The summed E-state index contributed by atoms with van der Waals surface area (Å²) in [5.74, 6) is 1.18. The van der Waals surface area contributed by atoms with Crippen molar-refractivity contribution in [1.29, 1.82) is 0 Å². The van der Waals surface area contributed by atoms with Gasteiger partial charge in [0.2, 0.25) is 0 Å². The first-order valence-electron chi connectivity index (χ1n) is 9.31. The first kappa shape index (κ1) is 18.5. The van der Waals surface area contributed by atoms with Crippen molar-refractivity contribution in [1.82, 2.24) is 25.5 Å². The van der Waals surface area contributed by atoms with E-state index >= 15 is 0 Å². The maximum Gasteiger partial charge on any atom is 0.319 e. The minimum atomic E-state index is -0.426. The molecule has 1 N–H and O–H groups in total. The molecule has 7 nitrogen and oxygen atoms in total. The molecule has 0 radical (unpaired) electrons. The van der Waals surface area contributed by atoms with E-state index < -0.39 is 5.54 Å². The maximum absolute atomic E-state index is 11.9. The average molecular weight is 357 g/mol. The maximum atomic E-state index is 11.9. The molecule has 0 unspecified atom stereocenters. The molecule has 1 saturated carbocycles. The van der Waals surface area contributed by atoms with Crippen LogP contribution in [-0.2, 0) is 15.1 Å². The van der Waals surface area contributed by atoms with Crippen LogP contribution in [0.3, 0.4) is 0 Å². The lowest BCUT2D eigenvalue weighted by Gasteiger charge is -2.39. The van der Waals surface area contributed by atoms with Gasteiger partial charge in [0, 0.05) is 0 Å². The molecule has 3 rings (SSSR count). The molecule has 7 heteroatoms. The lowest BCUT2D eigenvalue weighted by Crippen LogP contribution is -2.49. The van der Waals surface area contributed by atoms with E-state index in [1.165, 1.54) is 0 Å². The van der Waals surface area contributed by atoms with Crippen LogP contribution in [0.5, 0.6) is 0 Å². The number of para-hydroxylation sites is 1. The number of tetrazole rings is 1. The Morgan fingerprint density at radius 1 is 1.35 bits per heavy atom. The fourth-order valence-electron chi connectivity index (χ4n) is 3.64. The van der Waals surface area contributed by atoms with Gasteiger partial charge in [-0.15, -0.1) is 5.10 Å². The van der Waals surface area contributed by atoms with Crippen LogP contribution in [0.4, 0.5) is 0 Å². The van der Waals surface area contributed by atoms with Gasteiger partial charge in [0.05, 0.1) is 24.4 Å². The molecule has 0 saturated heterocycles. The minimum Gasteiger partial charge on any atom is -0.465 e. The van der Waals surface area contributed by atoms with E-state index in [4.69, 9.17) is 4.74 Å². The van der Waals surface area contributed by atoms with Crippen LogP contribution in [0.2, 0.25) is 0 Å². The molecule has 0 bridgehead atoms. The molecule has 26 heavy (non-hydrogen) atoms. The molecule has 0 atom stereocenters. The number of nitrogens with one attached hydrogen (secondary N) is 1. The van der Waals surface area contributed by atoms with Crippen LogP contribution in [0, 0.1) is 12.8 Å². The van der Waals surface area contributed by atoms with Gasteiger partial charge in [-0.2, -0.15) is 4.68 Å². The highest BCUT2D eigenvalue weighted by atomic mass is 16.5. The summed E-state index contributed by atoms with van der Waals surface area (Å²) in [6, 6.07) is 8.04. The monoisotopic (exact) mass is 357 g/mol. The number of aromatic nitrogens is 4. The summed E-state index contributed by atoms with van der Waals surface area (Å²) in [4.78, 5) is 11.9. The molecule has 0 spiro atoms. The van der Waals surface area contributed by atoms with E-state index in [0.717, 1.165) is 42.8 Å². The zero-order valence-corrected chi connectivity index (χ0v) is 15.7. The molecule has 0 aliphatic heterocycles. The van der Waals surface area contributed by atoms with E-state index in [9.17, 15) is 4.79 Å². The van der Waals surface area contributed by atoms with Gasteiger partial charge < -0.3 is 4.74 Å². The Morgan fingerprint density at radius 2 is 2.08 bits per heavy atom. The summed E-state index contributed by atoms with van der Waals surface area (Å²) in [6.07, 6.45) is 3.91. The Morgan fingerprint density at radius 3 is 2.77 bits per heavy atom. The van der Waals surface area contributed by atoms with Crippen LogP contribution in [0.1, 0.15) is 50.9 Å². The zero-order chi connectivity index (χ0) is 18.6. The van der Waals surface area contributed by atoms with Crippen molar-refractivity contribution >= 4 is 5.97 Å². The largest absolute Gasteiger partial charge is 0.465 e. The van der Waals surface area contributed by atoms with Gasteiger partial charge in [-0.1, -0.05) is 25.1 Å². The van der Waals surface area contributed by atoms with Gasteiger partial charge in [0.15, 0.2) is 5.82 Å². The zero-order valence-electron chi connectivity index (χ0n) is 15.7. The highest BCUT2D eigenvalue weighted by molar-refractivity contribution is 5.71. The number of carbonyl (C=O) groups is 1. The third-order valence-corrected chi connectivity index (χ3v) is 5.25. The van der Waals surface area contributed by atoms with Crippen molar-refractivity contribution in [2.24, 2.45) is 5.92 Å². The van der Waals surface area contributed by atoms with Crippen molar-refractivity contribution in [3.05, 3.63) is 35.7 Å². The first-order chi connectivity index (χ1) is 12.6. The molecule has 2 aromatic rings. The third-order valence-electron chi connectivity index (χ3n) is 5.25. The Balaban J connectivity index is 1.94. The van der Waals surface area contributed by atoms with E-state index in [-0.39, 0.29) is 12.5 Å². The van der Waals surface area contributed by atoms with Crippen LogP contribution in [0.25, 0.3) is 5.69 Å². The average Bonchev–Trinajstić information content (AvgIpc) is 3.12. The summed E-state index contributed by atoms with van der Waals surface area (Å²) < 4.78 is 6.90. The number of carbonyl (C=O) groups excluding carboxylic acids is 1. The van der Waals surface area contributed by atoms with E-state index in [2.05, 4.69) is 27.8 Å². The number of esters is 1. The number of nitrogens with zero attached hydrogens (tertiary/aromatic N) is 4. The molecule has 0 amide bonds. The van der Waals surface area contributed by atoms with Crippen LogP contribution in [-0.4, -0.2) is 39.3 Å². The summed E-state index contributed by atoms with van der Waals surface area (Å²) >= 11 is 0. The van der Waals surface area contributed by atoms with Gasteiger partial charge in [-0.3, -0.25) is 10.1 Å².